The Morgan fingerprint density at radius 1 is 1.44 bits per heavy atom. The number of nitrogens with one attached hydrogen (secondary N) is 1. The first-order chi connectivity index (χ1) is 7.61. The fourth-order valence-corrected chi connectivity index (χ4v) is 1.60. The lowest BCUT2D eigenvalue weighted by molar-refractivity contribution is -0.122. The van der Waals surface area contributed by atoms with Gasteiger partial charge >= 0.3 is 0 Å². The minimum Gasteiger partial charge on any atom is -0.350 e. The molecule has 0 radical (unpaired) electrons. The van der Waals surface area contributed by atoms with Crippen LogP contribution in [0.3, 0.4) is 0 Å². The zero-order valence-electron chi connectivity index (χ0n) is 10.7. The minimum absolute atomic E-state index is 0. The van der Waals surface area contributed by atoms with Crippen LogP contribution in [-0.4, -0.2) is 28.3 Å². The van der Waals surface area contributed by atoms with Gasteiger partial charge in [0.1, 0.15) is 6.54 Å². The molecule has 0 aliphatic rings. The topological polar surface area (TPSA) is 72.9 Å². The van der Waals surface area contributed by atoms with Crippen LogP contribution in [0.1, 0.15) is 20.3 Å². The normalized spacial score (nSPS) is 11.3. The first kappa shape index (κ1) is 19.6. The molecule has 3 N–H and O–H groups in total. The van der Waals surface area contributed by atoms with Gasteiger partial charge in [-0.05, 0) is 18.4 Å². The predicted octanol–water partition coefficient (Wildman–Crippen LogP) is 1.22. The molecule has 0 bridgehead atoms. The van der Waals surface area contributed by atoms with E-state index < -0.39 is 0 Å². The van der Waals surface area contributed by atoms with Crippen molar-refractivity contribution in [2.24, 2.45) is 11.7 Å². The number of aromatic nitrogens is 2. The third-order valence-corrected chi connectivity index (χ3v) is 2.27. The molecule has 0 spiro atoms. The van der Waals surface area contributed by atoms with E-state index in [2.05, 4.69) is 24.3 Å². The number of carbonyl (C=O) groups is 1. The third-order valence-electron chi connectivity index (χ3n) is 2.27. The van der Waals surface area contributed by atoms with Gasteiger partial charge in [-0.1, -0.05) is 13.8 Å². The quantitative estimate of drug-likeness (QED) is 0.829. The number of rotatable bonds is 6. The Morgan fingerprint density at radius 3 is 2.56 bits per heavy atom. The van der Waals surface area contributed by atoms with E-state index in [1.54, 1.807) is 23.1 Å². The summed E-state index contributed by atoms with van der Waals surface area (Å²) in [5.41, 5.74) is 5.61. The summed E-state index contributed by atoms with van der Waals surface area (Å²) >= 11 is 0. The number of halogens is 2. The lowest BCUT2D eigenvalue weighted by atomic mass is 10.0. The zero-order valence-corrected chi connectivity index (χ0v) is 12.3. The largest absolute Gasteiger partial charge is 0.350 e. The Labute approximate surface area is 120 Å². The molecule has 1 amide bonds. The fourth-order valence-electron chi connectivity index (χ4n) is 1.60. The molecule has 0 aliphatic heterocycles. The molecule has 1 rings (SSSR count). The second kappa shape index (κ2) is 10.2. The van der Waals surface area contributed by atoms with E-state index in [4.69, 9.17) is 5.73 Å². The van der Waals surface area contributed by atoms with Crippen LogP contribution >= 0.6 is 24.8 Å². The van der Waals surface area contributed by atoms with Gasteiger partial charge in [-0.3, -0.25) is 9.48 Å². The maximum atomic E-state index is 11.6. The van der Waals surface area contributed by atoms with Crippen LogP contribution in [0.4, 0.5) is 0 Å². The molecule has 1 heterocycles. The van der Waals surface area contributed by atoms with Crippen molar-refractivity contribution in [3.63, 3.8) is 0 Å². The molecule has 0 saturated carbocycles. The Hall–Kier alpha value is -0.780. The highest BCUT2D eigenvalue weighted by Crippen LogP contribution is 2.03. The van der Waals surface area contributed by atoms with Gasteiger partial charge in [-0.15, -0.1) is 24.8 Å². The highest BCUT2D eigenvalue weighted by Gasteiger charge is 2.12. The number of hydrogen-bond donors (Lipinski definition) is 2. The van der Waals surface area contributed by atoms with Crippen molar-refractivity contribution in [2.75, 3.05) is 6.54 Å². The zero-order chi connectivity index (χ0) is 12.0. The van der Waals surface area contributed by atoms with Crippen LogP contribution in [-0.2, 0) is 11.3 Å². The van der Waals surface area contributed by atoms with Crippen LogP contribution in [0.15, 0.2) is 18.5 Å². The monoisotopic (exact) mass is 296 g/mol. The lowest BCUT2D eigenvalue weighted by Gasteiger charge is -2.18. The van der Waals surface area contributed by atoms with E-state index in [0.29, 0.717) is 12.5 Å². The van der Waals surface area contributed by atoms with Gasteiger partial charge in [0, 0.05) is 25.0 Å². The van der Waals surface area contributed by atoms with E-state index >= 15 is 0 Å². The fraction of sp³-hybridized carbons (Fsp3) is 0.636. The van der Waals surface area contributed by atoms with Gasteiger partial charge in [0.2, 0.25) is 5.91 Å². The van der Waals surface area contributed by atoms with E-state index in [-0.39, 0.29) is 43.3 Å². The summed E-state index contributed by atoms with van der Waals surface area (Å²) in [5, 5.41) is 6.89. The van der Waals surface area contributed by atoms with Crippen molar-refractivity contribution in [1.82, 2.24) is 15.1 Å². The number of nitrogens with zero attached hydrogens (tertiary/aromatic N) is 2. The highest BCUT2D eigenvalue weighted by molar-refractivity contribution is 5.85. The van der Waals surface area contributed by atoms with E-state index in [1.807, 2.05) is 0 Å². The maximum absolute atomic E-state index is 11.6. The summed E-state index contributed by atoms with van der Waals surface area (Å²) in [6, 6.07) is 1.85. The van der Waals surface area contributed by atoms with E-state index in [1.165, 1.54) is 0 Å². The molecule has 0 aliphatic carbocycles. The second-order valence-electron chi connectivity index (χ2n) is 4.33. The molecule has 0 fully saturated rings. The van der Waals surface area contributed by atoms with Crippen LogP contribution in [0.25, 0.3) is 0 Å². The molecule has 1 atom stereocenters. The molecular weight excluding hydrogens is 275 g/mol. The molecule has 1 unspecified atom stereocenters. The number of amides is 1. The van der Waals surface area contributed by atoms with Crippen molar-refractivity contribution in [2.45, 2.75) is 32.9 Å². The van der Waals surface area contributed by atoms with Crippen molar-refractivity contribution in [1.29, 1.82) is 0 Å². The van der Waals surface area contributed by atoms with Crippen LogP contribution < -0.4 is 11.1 Å². The summed E-state index contributed by atoms with van der Waals surface area (Å²) in [5.74, 6) is 0.485. The van der Waals surface area contributed by atoms with Crippen LogP contribution in [0.5, 0.6) is 0 Å². The van der Waals surface area contributed by atoms with Crippen LogP contribution in [0, 0.1) is 5.92 Å². The Kier molecular flexibility index (Phi) is 11.1. The van der Waals surface area contributed by atoms with Gasteiger partial charge in [0.25, 0.3) is 0 Å². The SMILES string of the molecule is CC(C)CC(CN)NC(=O)Cn1cccn1.Cl.Cl. The molecule has 0 saturated heterocycles. The predicted molar refractivity (Wildman–Crippen MR) is 77.2 cm³/mol. The Bertz CT molecular complexity index is 317. The average Bonchev–Trinajstić information content (AvgIpc) is 2.68. The van der Waals surface area contributed by atoms with E-state index in [9.17, 15) is 4.79 Å². The summed E-state index contributed by atoms with van der Waals surface area (Å²) in [4.78, 5) is 11.6. The average molecular weight is 297 g/mol. The van der Waals surface area contributed by atoms with Gasteiger partial charge < -0.3 is 11.1 Å². The smallest absolute Gasteiger partial charge is 0.241 e. The second-order valence-corrected chi connectivity index (χ2v) is 4.33. The summed E-state index contributed by atoms with van der Waals surface area (Å²) in [7, 11) is 0. The first-order valence-corrected chi connectivity index (χ1v) is 5.58. The first-order valence-electron chi connectivity index (χ1n) is 5.58. The number of carbonyl (C=O) groups excluding carboxylic acids is 1. The van der Waals surface area contributed by atoms with Gasteiger partial charge in [-0.25, -0.2) is 0 Å². The van der Waals surface area contributed by atoms with Crippen molar-refractivity contribution < 1.29 is 4.79 Å². The molecular formula is C11H22Cl2N4O. The molecule has 0 aromatic carbocycles. The van der Waals surface area contributed by atoms with Gasteiger partial charge in [-0.2, -0.15) is 5.10 Å². The molecule has 18 heavy (non-hydrogen) atoms. The number of nitrogens with two attached hydrogens (primary N) is 1. The molecule has 1 aromatic rings. The number of hydrogen-bond acceptors (Lipinski definition) is 3. The van der Waals surface area contributed by atoms with Gasteiger partial charge in [0.15, 0.2) is 0 Å². The minimum atomic E-state index is -0.0419. The van der Waals surface area contributed by atoms with Crippen molar-refractivity contribution >= 4 is 30.7 Å². The van der Waals surface area contributed by atoms with Crippen LogP contribution in [0.2, 0.25) is 0 Å². The molecule has 1 aromatic heterocycles. The Balaban J connectivity index is 0. The Morgan fingerprint density at radius 2 is 2.11 bits per heavy atom. The summed E-state index contributed by atoms with van der Waals surface area (Å²) < 4.78 is 1.60. The third kappa shape index (κ3) is 7.53. The molecule has 7 heteroatoms. The molecule has 5 nitrogen and oxygen atoms in total. The summed E-state index contributed by atoms with van der Waals surface area (Å²) in [6.45, 7) is 4.95. The summed E-state index contributed by atoms with van der Waals surface area (Å²) in [6.07, 6.45) is 4.32. The lowest BCUT2D eigenvalue weighted by Crippen LogP contribution is -2.42. The molecule has 106 valence electrons. The van der Waals surface area contributed by atoms with Gasteiger partial charge in [0.05, 0.1) is 0 Å². The van der Waals surface area contributed by atoms with Crippen molar-refractivity contribution in [3.05, 3.63) is 18.5 Å². The maximum Gasteiger partial charge on any atom is 0.241 e. The standard InChI is InChI=1S/C11H20N4O.2ClH/c1-9(2)6-10(7-12)14-11(16)8-15-5-3-4-13-15;;/h3-5,9-10H,6-8,12H2,1-2H3,(H,14,16);2*1H. The van der Waals surface area contributed by atoms with Crippen molar-refractivity contribution in [3.8, 4) is 0 Å². The highest BCUT2D eigenvalue weighted by atomic mass is 35.5. The van der Waals surface area contributed by atoms with E-state index in [0.717, 1.165) is 6.42 Å².